The number of carbonyl (C=O) groups excluding carboxylic acids is 2. The molecular weight excluding hydrogens is 527 g/mol. The Morgan fingerprint density at radius 3 is 2.28 bits per heavy atom. The molecule has 39 heavy (non-hydrogen) atoms. The minimum atomic E-state index is -1.83. The molecule has 4 rings (SSSR count). The number of halogens is 2. The number of likely N-dealkylation sites (tertiary alicyclic amines) is 1. The van der Waals surface area contributed by atoms with Gasteiger partial charge in [0.2, 0.25) is 11.8 Å². The lowest BCUT2D eigenvalue weighted by Crippen LogP contribution is -2.33. The topological polar surface area (TPSA) is 107 Å². The van der Waals surface area contributed by atoms with Crippen LogP contribution in [-0.2, 0) is 16.1 Å². The van der Waals surface area contributed by atoms with E-state index in [4.69, 9.17) is 31.3 Å². The molecule has 10 heteroatoms. The van der Waals surface area contributed by atoms with Gasteiger partial charge in [0, 0.05) is 37.0 Å². The fourth-order valence-electron chi connectivity index (χ4n) is 5.13. The van der Waals surface area contributed by atoms with Crippen LogP contribution in [0.1, 0.15) is 69.0 Å². The van der Waals surface area contributed by atoms with E-state index in [1.807, 2.05) is 18.2 Å². The first-order chi connectivity index (χ1) is 18.6. The van der Waals surface area contributed by atoms with Crippen molar-refractivity contribution in [2.24, 2.45) is 5.92 Å². The Labute approximate surface area is 233 Å². The third-order valence-electron chi connectivity index (χ3n) is 7.23. The van der Waals surface area contributed by atoms with Crippen molar-refractivity contribution >= 4 is 29.6 Å². The van der Waals surface area contributed by atoms with Crippen LogP contribution in [0.3, 0.4) is 0 Å². The van der Waals surface area contributed by atoms with Crippen molar-refractivity contribution in [2.75, 3.05) is 19.7 Å². The average Bonchev–Trinajstić information content (AvgIpc) is 3.22. The molecule has 2 fully saturated rings. The van der Waals surface area contributed by atoms with E-state index in [1.165, 1.54) is 48.6 Å². The Kier molecular flexibility index (Phi) is 11.6. The molecule has 1 aliphatic heterocycles. The Morgan fingerprint density at radius 1 is 1.08 bits per heavy atom. The van der Waals surface area contributed by atoms with Crippen molar-refractivity contribution in [3.05, 3.63) is 64.4 Å². The SMILES string of the molecule is C[C@@H](c1ccc(Cl)cc1)N(Cc1ccc(OCCN2C(=O)CCC2=O)c(F)c1)CC1CCCCC1.O=C(O)O. The molecule has 2 aromatic rings. The van der Waals surface area contributed by atoms with Gasteiger partial charge in [-0.2, -0.15) is 0 Å². The Hall–Kier alpha value is -3.17. The third kappa shape index (κ3) is 9.51. The first-order valence-electron chi connectivity index (χ1n) is 13.3. The summed E-state index contributed by atoms with van der Waals surface area (Å²) in [7, 11) is 0. The molecule has 0 bridgehead atoms. The van der Waals surface area contributed by atoms with Crippen LogP contribution in [-0.4, -0.2) is 57.7 Å². The molecule has 1 saturated carbocycles. The van der Waals surface area contributed by atoms with Gasteiger partial charge in [-0.15, -0.1) is 0 Å². The highest BCUT2D eigenvalue weighted by Gasteiger charge is 2.28. The lowest BCUT2D eigenvalue weighted by Gasteiger charge is -2.34. The van der Waals surface area contributed by atoms with E-state index < -0.39 is 12.0 Å². The van der Waals surface area contributed by atoms with E-state index in [0.29, 0.717) is 12.5 Å². The molecule has 1 atom stereocenters. The van der Waals surface area contributed by atoms with Gasteiger partial charge in [-0.1, -0.05) is 49.1 Å². The van der Waals surface area contributed by atoms with Crippen LogP contribution < -0.4 is 4.74 Å². The van der Waals surface area contributed by atoms with Gasteiger partial charge in [-0.3, -0.25) is 19.4 Å². The molecule has 1 heterocycles. The maximum Gasteiger partial charge on any atom is 0.503 e. The van der Waals surface area contributed by atoms with Gasteiger partial charge < -0.3 is 14.9 Å². The molecule has 0 aromatic heterocycles. The summed E-state index contributed by atoms with van der Waals surface area (Å²) in [5.41, 5.74) is 2.08. The zero-order valence-corrected chi connectivity index (χ0v) is 22.9. The van der Waals surface area contributed by atoms with E-state index in [1.54, 1.807) is 6.07 Å². The summed E-state index contributed by atoms with van der Waals surface area (Å²) in [5, 5.41) is 14.7. The van der Waals surface area contributed by atoms with Crippen molar-refractivity contribution in [1.29, 1.82) is 0 Å². The standard InChI is InChI=1S/C28H34ClFN2O3.CH2O3/c1-20(23-8-10-24(29)11-9-23)31(18-21-5-3-2-4-6-21)19-22-7-12-26(25(30)17-22)35-16-15-32-27(33)13-14-28(32)34;2-1(3)4/h7-12,17,20-21H,2-6,13-16,18-19H2,1H3;(H2,2,3,4)/t20-;/m0./s1. The molecule has 0 radical (unpaired) electrons. The maximum atomic E-state index is 14.9. The zero-order chi connectivity index (χ0) is 28.4. The number of imide groups is 1. The fourth-order valence-corrected chi connectivity index (χ4v) is 5.25. The van der Waals surface area contributed by atoms with Crippen LogP contribution in [0.25, 0.3) is 0 Å². The molecule has 0 spiro atoms. The van der Waals surface area contributed by atoms with Crippen LogP contribution in [0.5, 0.6) is 5.75 Å². The normalized spacial score (nSPS) is 16.7. The summed E-state index contributed by atoms with van der Waals surface area (Å²) in [6.45, 7) is 4.03. The molecular formula is C29H36ClFN2O6. The number of hydrogen-bond donors (Lipinski definition) is 2. The second kappa shape index (κ2) is 14.8. The number of benzene rings is 2. The number of carbonyl (C=O) groups is 3. The summed E-state index contributed by atoms with van der Waals surface area (Å²) < 4.78 is 20.4. The summed E-state index contributed by atoms with van der Waals surface area (Å²) in [6.07, 6.45) is 5.02. The summed E-state index contributed by atoms with van der Waals surface area (Å²) >= 11 is 6.10. The molecule has 1 saturated heterocycles. The highest BCUT2D eigenvalue weighted by atomic mass is 35.5. The molecule has 0 unspecified atom stereocenters. The van der Waals surface area contributed by atoms with Crippen molar-refractivity contribution in [2.45, 2.75) is 64.5 Å². The van der Waals surface area contributed by atoms with Crippen LogP contribution in [0.2, 0.25) is 5.02 Å². The van der Waals surface area contributed by atoms with E-state index in [-0.39, 0.29) is 49.6 Å². The van der Waals surface area contributed by atoms with Crippen molar-refractivity contribution in [1.82, 2.24) is 9.80 Å². The van der Waals surface area contributed by atoms with Crippen LogP contribution in [0, 0.1) is 11.7 Å². The smallest absolute Gasteiger partial charge is 0.489 e. The maximum absolute atomic E-state index is 14.9. The minimum absolute atomic E-state index is 0.0785. The van der Waals surface area contributed by atoms with E-state index >= 15 is 0 Å². The highest BCUT2D eigenvalue weighted by molar-refractivity contribution is 6.30. The molecule has 2 aromatic carbocycles. The highest BCUT2D eigenvalue weighted by Crippen LogP contribution is 2.31. The number of hydrogen-bond acceptors (Lipinski definition) is 5. The average molecular weight is 563 g/mol. The molecule has 2 amide bonds. The van der Waals surface area contributed by atoms with E-state index in [2.05, 4.69) is 24.0 Å². The molecule has 2 aliphatic rings. The van der Waals surface area contributed by atoms with Crippen LogP contribution >= 0.6 is 11.6 Å². The number of amides is 2. The van der Waals surface area contributed by atoms with E-state index in [9.17, 15) is 14.0 Å². The first kappa shape index (κ1) is 30.4. The molecule has 212 valence electrons. The van der Waals surface area contributed by atoms with Gasteiger partial charge in [0.25, 0.3) is 0 Å². The van der Waals surface area contributed by atoms with Gasteiger partial charge in [-0.25, -0.2) is 9.18 Å². The second-order valence-corrected chi connectivity index (χ2v) is 10.4. The summed E-state index contributed by atoms with van der Waals surface area (Å²) in [4.78, 5) is 35.6. The minimum Gasteiger partial charge on any atom is -0.489 e. The Bertz CT molecular complexity index is 1100. The lowest BCUT2D eigenvalue weighted by atomic mass is 9.88. The number of ether oxygens (including phenoxy) is 1. The lowest BCUT2D eigenvalue weighted by molar-refractivity contribution is -0.138. The quantitative estimate of drug-likeness (QED) is 0.324. The number of nitrogens with zero attached hydrogens (tertiary/aromatic N) is 2. The Balaban J connectivity index is 0.000000983. The van der Waals surface area contributed by atoms with Gasteiger partial charge in [-0.05, 0) is 61.1 Å². The zero-order valence-electron chi connectivity index (χ0n) is 22.2. The Morgan fingerprint density at radius 2 is 1.69 bits per heavy atom. The predicted octanol–water partition coefficient (Wildman–Crippen LogP) is 6.37. The third-order valence-corrected chi connectivity index (χ3v) is 7.48. The monoisotopic (exact) mass is 562 g/mol. The van der Waals surface area contributed by atoms with Crippen LogP contribution in [0.4, 0.5) is 9.18 Å². The van der Waals surface area contributed by atoms with Crippen LogP contribution in [0.15, 0.2) is 42.5 Å². The summed E-state index contributed by atoms with van der Waals surface area (Å²) in [6, 6.07) is 13.2. The number of rotatable bonds is 10. The molecule has 2 N–H and O–H groups in total. The fraction of sp³-hybridized carbons (Fsp3) is 0.483. The molecule has 8 nitrogen and oxygen atoms in total. The van der Waals surface area contributed by atoms with Gasteiger partial charge in [0.1, 0.15) is 6.61 Å². The first-order valence-corrected chi connectivity index (χ1v) is 13.7. The second-order valence-electron chi connectivity index (χ2n) is 10.00. The predicted molar refractivity (Wildman–Crippen MR) is 145 cm³/mol. The van der Waals surface area contributed by atoms with Gasteiger partial charge >= 0.3 is 6.16 Å². The van der Waals surface area contributed by atoms with Crippen molar-refractivity contribution in [3.63, 3.8) is 0 Å². The van der Waals surface area contributed by atoms with E-state index in [0.717, 1.165) is 17.1 Å². The van der Waals surface area contributed by atoms with Crippen molar-refractivity contribution < 1.29 is 33.7 Å². The summed E-state index contributed by atoms with van der Waals surface area (Å²) in [5.74, 6) is -0.0257. The molecule has 1 aliphatic carbocycles. The number of carboxylic acid groups (broad SMARTS) is 2. The van der Waals surface area contributed by atoms with Crippen molar-refractivity contribution in [3.8, 4) is 5.75 Å². The van der Waals surface area contributed by atoms with Gasteiger partial charge in [0.15, 0.2) is 11.6 Å². The van der Waals surface area contributed by atoms with Gasteiger partial charge in [0.05, 0.1) is 6.54 Å². The largest absolute Gasteiger partial charge is 0.503 e.